The van der Waals surface area contributed by atoms with Gasteiger partial charge in [-0.25, -0.2) is 0 Å². The lowest BCUT2D eigenvalue weighted by Crippen LogP contribution is -2.47. The van der Waals surface area contributed by atoms with Crippen LogP contribution in [0, 0.1) is 0 Å². The molecule has 0 saturated carbocycles. The maximum absolute atomic E-state index is 5.83. The van der Waals surface area contributed by atoms with Crippen LogP contribution in [-0.4, -0.2) is 34.5 Å². The van der Waals surface area contributed by atoms with E-state index >= 15 is 0 Å². The summed E-state index contributed by atoms with van der Waals surface area (Å²) >= 11 is 5.82. The van der Waals surface area contributed by atoms with Crippen molar-refractivity contribution >= 4 is 20.4 Å². The first-order valence-electron chi connectivity index (χ1n) is 6.22. The van der Waals surface area contributed by atoms with Gasteiger partial charge < -0.3 is 13.3 Å². The van der Waals surface area contributed by atoms with Gasteiger partial charge >= 0.3 is 8.80 Å². The van der Waals surface area contributed by atoms with Crippen LogP contribution in [0.2, 0.25) is 6.04 Å². The fourth-order valence-electron chi connectivity index (χ4n) is 1.23. The monoisotopic (exact) mass is 268 g/mol. The van der Waals surface area contributed by atoms with Gasteiger partial charge in [0, 0.05) is 31.7 Å². The van der Waals surface area contributed by atoms with E-state index < -0.39 is 8.80 Å². The Labute approximate surface area is 106 Å². The van der Waals surface area contributed by atoms with Crippen molar-refractivity contribution in [3.05, 3.63) is 0 Å². The zero-order chi connectivity index (χ0) is 12.3. The third kappa shape index (κ3) is 6.86. The molecule has 0 N–H and O–H groups in total. The van der Waals surface area contributed by atoms with Crippen molar-refractivity contribution in [1.82, 2.24) is 0 Å². The van der Waals surface area contributed by atoms with Crippen molar-refractivity contribution < 1.29 is 13.3 Å². The van der Waals surface area contributed by atoms with E-state index in [2.05, 4.69) is 20.8 Å². The van der Waals surface area contributed by atoms with E-state index in [9.17, 15) is 0 Å². The van der Waals surface area contributed by atoms with Crippen molar-refractivity contribution in [2.45, 2.75) is 46.1 Å². The maximum Gasteiger partial charge on any atom is 0.502 e. The average molecular weight is 269 g/mol. The summed E-state index contributed by atoms with van der Waals surface area (Å²) in [5.74, 6) is 0.531. The normalized spacial score (nSPS) is 12.0. The van der Waals surface area contributed by atoms with Gasteiger partial charge in [0.15, 0.2) is 0 Å². The molecule has 0 unspecified atom stereocenters. The first-order valence-corrected chi connectivity index (χ1v) is 8.69. The summed E-state index contributed by atoms with van der Waals surface area (Å²) in [6.07, 6.45) is 2.92. The Morgan fingerprint density at radius 3 is 1.44 bits per heavy atom. The minimum absolute atomic E-state index is 0.531. The lowest BCUT2D eigenvalue weighted by Gasteiger charge is -2.29. The second-order valence-electron chi connectivity index (χ2n) is 3.67. The molecule has 0 aromatic carbocycles. The summed E-state index contributed by atoms with van der Waals surface area (Å²) in [6, 6.07) is 0.703. The molecule has 0 aliphatic rings. The molecule has 0 radical (unpaired) electrons. The molecule has 0 aliphatic carbocycles. The van der Waals surface area contributed by atoms with Crippen LogP contribution in [0.1, 0.15) is 40.0 Å². The number of hydrogen-bond donors (Lipinski definition) is 0. The number of hydrogen-bond acceptors (Lipinski definition) is 3. The van der Waals surface area contributed by atoms with E-state index in [4.69, 9.17) is 24.9 Å². The Bertz CT molecular complexity index is 136. The van der Waals surface area contributed by atoms with Gasteiger partial charge in [-0.3, -0.25) is 0 Å². The van der Waals surface area contributed by atoms with E-state index in [1.807, 2.05) is 0 Å². The second-order valence-corrected chi connectivity index (χ2v) is 6.78. The van der Waals surface area contributed by atoms with Crippen LogP contribution in [0.15, 0.2) is 0 Å². The smallest absolute Gasteiger partial charge is 0.373 e. The zero-order valence-electron chi connectivity index (χ0n) is 10.8. The summed E-state index contributed by atoms with van der Waals surface area (Å²) in [7, 11) is -2.49. The molecule has 0 aromatic rings. The Kier molecular flexibility index (Phi) is 10.8. The van der Waals surface area contributed by atoms with E-state index in [0.29, 0.717) is 31.7 Å². The highest BCUT2D eigenvalue weighted by atomic mass is 35.5. The first-order chi connectivity index (χ1) is 7.74. The van der Waals surface area contributed by atoms with E-state index in [1.54, 1.807) is 0 Å². The molecule has 0 saturated heterocycles. The molecular weight excluding hydrogens is 244 g/mol. The second kappa shape index (κ2) is 10.5. The molecular formula is C11H25ClO3Si. The van der Waals surface area contributed by atoms with Crippen molar-refractivity contribution in [2.24, 2.45) is 0 Å². The quantitative estimate of drug-likeness (QED) is 0.424. The van der Waals surface area contributed by atoms with Gasteiger partial charge in [0.2, 0.25) is 0 Å². The summed E-state index contributed by atoms with van der Waals surface area (Å²) < 4.78 is 17.5. The number of alkyl halides is 1. The van der Waals surface area contributed by atoms with E-state index in [-0.39, 0.29) is 0 Å². The predicted molar refractivity (Wildman–Crippen MR) is 70.0 cm³/mol. The van der Waals surface area contributed by atoms with Crippen molar-refractivity contribution in [3.63, 3.8) is 0 Å². The molecule has 0 atom stereocenters. The van der Waals surface area contributed by atoms with Gasteiger partial charge in [0.25, 0.3) is 0 Å². The van der Waals surface area contributed by atoms with Gasteiger partial charge in [0.05, 0.1) is 0 Å². The molecule has 16 heavy (non-hydrogen) atoms. The van der Waals surface area contributed by atoms with Crippen LogP contribution in [0.3, 0.4) is 0 Å². The van der Waals surface area contributed by atoms with Gasteiger partial charge in [0.1, 0.15) is 0 Å². The average Bonchev–Trinajstić information content (AvgIpc) is 2.31. The Morgan fingerprint density at radius 2 is 1.19 bits per heavy atom. The van der Waals surface area contributed by atoms with Gasteiger partial charge in [-0.05, 0) is 19.3 Å². The van der Waals surface area contributed by atoms with E-state index in [1.165, 1.54) is 0 Å². The van der Waals surface area contributed by atoms with Crippen molar-refractivity contribution in [2.75, 3.05) is 25.7 Å². The molecule has 0 rings (SSSR count). The third-order valence-electron chi connectivity index (χ3n) is 1.98. The maximum atomic E-state index is 5.83. The number of halogens is 1. The highest BCUT2D eigenvalue weighted by Crippen LogP contribution is 2.18. The van der Waals surface area contributed by atoms with Crippen LogP contribution in [-0.2, 0) is 13.3 Å². The van der Waals surface area contributed by atoms with E-state index in [0.717, 1.165) is 19.3 Å². The highest BCUT2D eigenvalue weighted by molar-refractivity contribution is 6.61. The fraction of sp³-hybridized carbons (Fsp3) is 1.00. The van der Waals surface area contributed by atoms with Crippen LogP contribution in [0.5, 0.6) is 0 Å². The molecule has 0 spiro atoms. The number of rotatable bonds is 11. The lowest BCUT2D eigenvalue weighted by molar-refractivity contribution is 0.0606. The molecule has 0 aliphatic heterocycles. The third-order valence-corrected chi connectivity index (χ3v) is 5.28. The van der Waals surface area contributed by atoms with Gasteiger partial charge in [-0.1, -0.05) is 20.8 Å². The molecule has 5 heteroatoms. The Morgan fingerprint density at radius 1 is 0.812 bits per heavy atom. The summed E-state index contributed by atoms with van der Waals surface area (Å²) in [5, 5.41) is 0. The molecule has 0 amide bonds. The summed E-state index contributed by atoms with van der Waals surface area (Å²) in [5.41, 5.74) is 0. The summed E-state index contributed by atoms with van der Waals surface area (Å²) in [6.45, 7) is 8.32. The van der Waals surface area contributed by atoms with Gasteiger partial charge in [-0.15, -0.1) is 11.6 Å². The molecule has 98 valence electrons. The topological polar surface area (TPSA) is 27.7 Å². The Balaban J connectivity index is 4.32. The van der Waals surface area contributed by atoms with Gasteiger partial charge in [-0.2, -0.15) is 0 Å². The standard InChI is InChI=1S/C11H25ClO3Si/c1-4-8-13-16(11-7-12,14-9-5-2)15-10-6-3/h4-11H2,1-3H3. The largest absolute Gasteiger partial charge is 0.502 e. The highest BCUT2D eigenvalue weighted by Gasteiger charge is 2.40. The minimum atomic E-state index is -2.49. The lowest BCUT2D eigenvalue weighted by atomic mass is 10.5. The first kappa shape index (κ1) is 16.4. The van der Waals surface area contributed by atoms with Crippen molar-refractivity contribution in [1.29, 1.82) is 0 Å². The van der Waals surface area contributed by atoms with Crippen LogP contribution in [0.4, 0.5) is 0 Å². The van der Waals surface area contributed by atoms with Crippen LogP contribution in [0.25, 0.3) is 0 Å². The molecule has 0 aromatic heterocycles. The van der Waals surface area contributed by atoms with Crippen LogP contribution < -0.4 is 0 Å². The minimum Gasteiger partial charge on any atom is -0.373 e. The molecule has 0 heterocycles. The van der Waals surface area contributed by atoms with Crippen LogP contribution >= 0.6 is 11.6 Å². The SMILES string of the molecule is CCCO[Si](CCCl)(OCCC)OCCC. The van der Waals surface area contributed by atoms with Crippen molar-refractivity contribution in [3.8, 4) is 0 Å². The fourth-order valence-corrected chi connectivity index (χ4v) is 4.38. The molecule has 0 fully saturated rings. The Hall–Kier alpha value is 0.387. The zero-order valence-corrected chi connectivity index (χ0v) is 12.5. The predicted octanol–water partition coefficient (Wildman–Crippen LogP) is 3.44. The molecule has 0 bridgehead atoms. The molecule has 3 nitrogen and oxygen atoms in total. The summed E-state index contributed by atoms with van der Waals surface area (Å²) in [4.78, 5) is 0.